The van der Waals surface area contributed by atoms with Gasteiger partial charge in [-0.25, -0.2) is 0 Å². The van der Waals surface area contributed by atoms with Crippen molar-refractivity contribution in [3.05, 3.63) is 25.3 Å². The van der Waals surface area contributed by atoms with Gasteiger partial charge in [-0.2, -0.15) is 0 Å². The highest BCUT2D eigenvalue weighted by atomic mass is 79.9. The Kier molecular flexibility index (Phi) is 11.4. The van der Waals surface area contributed by atoms with Crippen LogP contribution in [0.4, 0.5) is 0 Å². The lowest BCUT2D eigenvalue weighted by molar-refractivity contribution is -0.154. The zero-order valence-electron chi connectivity index (χ0n) is 23.1. The van der Waals surface area contributed by atoms with Gasteiger partial charge in [0.1, 0.15) is 6.04 Å². The average Bonchev–Trinajstić information content (AvgIpc) is 3.47. The molecule has 0 aliphatic carbocycles. The molecule has 1 spiro atoms. The number of aliphatic hydroxyl groups excluding tert-OH is 1. The Balaban J connectivity index is 2.02. The number of hydrogen-bond donors (Lipinski definition) is 1. The minimum absolute atomic E-state index is 0.0110. The van der Waals surface area contributed by atoms with Gasteiger partial charge >= 0.3 is 5.97 Å². The van der Waals surface area contributed by atoms with Crippen LogP contribution in [0.5, 0.6) is 0 Å². The number of aliphatic hydroxyl groups is 1. The van der Waals surface area contributed by atoms with E-state index in [-0.39, 0.29) is 47.0 Å². The number of thioether (sulfide) groups is 1. The van der Waals surface area contributed by atoms with Crippen LogP contribution >= 0.6 is 27.7 Å². The second-order valence-electron chi connectivity index (χ2n) is 11.3. The van der Waals surface area contributed by atoms with Gasteiger partial charge in [-0.1, -0.05) is 61.7 Å². The normalized spacial score (nSPS) is 30.4. The molecular formula is C29H45BrN2O5S. The molecule has 2 bridgehead atoms. The highest BCUT2D eigenvalue weighted by Crippen LogP contribution is 2.68. The van der Waals surface area contributed by atoms with Gasteiger partial charge in [0, 0.05) is 23.2 Å². The number of halogens is 1. The van der Waals surface area contributed by atoms with Crippen LogP contribution in [0.2, 0.25) is 0 Å². The monoisotopic (exact) mass is 612 g/mol. The van der Waals surface area contributed by atoms with Crippen LogP contribution in [-0.4, -0.2) is 85.9 Å². The molecule has 0 aromatic carbocycles. The van der Waals surface area contributed by atoms with Crippen LogP contribution in [-0.2, 0) is 19.1 Å². The molecule has 0 radical (unpaired) electrons. The van der Waals surface area contributed by atoms with Crippen molar-refractivity contribution in [3.8, 4) is 0 Å². The fraction of sp³-hybridized carbons (Fsp3) is 0.759. The number of fused-ring (bicyclic) bond motifs is 1. The third-order valence-electron chi connectivity index (χ3n) is 8.07. The highest BCUT2D eigenvalue weighted by molar-refractivity contribution is 9.09. The fourth-order valence-electron chi connectivity index (χ4n) is 6.50. The third kappa shape index (κ3) is 6.04. The number of likely N-dealkylation sites (tertiary alicyclic amines) is 1. The van der Waals surface area contributed by atoms with E-state index in [1.54, 1.807) is 28.8 Å². The molecule has 3 fully saturated rings. The van der Waals surface area contributed by atoms with Crippen molar-refractivity contribution in [2.75, 3.05) is 26.3 Å². The molecule has 3 aliphatic rings. The number of alkyl halides is 1. The number of carbonyl (C=O) groups excluding carboxylic acids is 3. The number of allylic oxidation sites excluding steroid dienone is 1. The highest BCUT2D eigenvalue weighted by Gasteiger charge is 2.76. The first-order chi connectivity index (χ1) is 18.2. The molecule has 3 unspecified atom stereocenters. The summed E-state index contributed by atoms with van der Waals surface area (Å²) >= 11 is 5.41. The van der Waals surface area contributed by atoms with Crippen LogP contribution in [0.25, 0.3) is 0 Å². The minimum Gasteiger partial charge on any atom is -0.465 e. The van der Waals surface area contributed by atoms with Crippen LogP contribution in [0.15, 0.2) is 25.3 Å². The predicted octanol–water partition coefficient (Wildman–Crippen LogP) is 4.57. The van der Waals surface area contributed by atoms with E-state index in [9.17, 15) is 19.5 Å². The lowest BCUT2D eigenvalue weighted by atomic mass is 9.71. The van der Waals surface area contributed by atoms with Crippen molar-refractivity contribution >= 4 is 45.5 Å². The molecule has 3 saturated heterocycles. The second-order valence-corrected chi connectivity index (χ2v) is 14.0. The minimum atomic E-state index is -0.744. The van der Waals surface area contributed by atoms with Gasteiger partial charge < -0.3 is 19.6 Å². The smallest absolute Gasteiger partial charge is 0.310 e. The number of amides is 2. The number of nitrogens with zero attached hydrogens (tertiary/aromatic N) is 2. The van der Waals surface area contributed by atoms with E-state index in [2.05, 4.69) is 36.0 Å². The maximum atomic E-state index is 14.4. The van der Waals surface area contributed by atoms with E-state index in [1.807, 2.05) is 18.7 Å². The van der Waals surface area contributed by atoms with Crippen molar-refractivity contribution in [2.45, 2.75) is 92.6 Å². The molecule has 9 heteroatoms. The Labute approximate surface area is 240 Å². The molecular weight excluding hydrogens is 568 g/mol. The van der Waals surface area contributed by atoms with Crippen molar-refractivity contribution in [3.63, 3.8) is 0 Å². The number of hydrogen-bond acceptors (Lipinski definition) is 6. The van der Waals surface area contributed by atoms with Gasteiger partial charge in [-0.15, -0.1) is 24.9 Å². The number of carbonyl (C=O) groups is 3. The van der Waals surface area contributed by atoms with Gasteiger partial charge in [0.05, 0.1) is 35.8 Å². The van der Waals surface area contributed by atoms with E-state index in [4.69, 9.17) is 4.74 Å². The first-order valence-electron chi connectivity index (χ1n) is 14.1. The van der Waals surface area contributed by atoms with Crippen molar-refractivity contribution in [1.82, 2.24) is 9.80 Å². The maximum Gasteiger partial charge on any atom is 0.310 e. The summed E-state index contributed by atoms with van der Waals surface area (Å²) in [5.74, 6) is -1.71. The quantitative estimate of drug-likeness (QED) is 0.119. The molecule has 2 amide bonds. The summed E-state index contributed by atoms with van der Waals surface area (Å²) in [7, 11) is 0. The summed E-state index contributed by atoms with van der Waals surface area (Å²) in [6.07, 6.45) is 9.07. The topological polar surface area (TPSA) is 87.1 Å². The molecule has 214 valence electrons. The van der Waals surface area contributed by atoms with Crippen molar-refractivity contribution in [1.29, 1.82) is 0 Å². The summed E-state index contributed by atoms with van der Waals surface area (Å²) in [6.45, 7) is 14.8. The fourth-order valence-corrected chi connectivity index (χ4v) is 10.1. The largest absolute Gasteiger partial charge is 0.465 e. The van der Waals surface area contributed by atoms with Crippen LogP contribution in [0, 0.1) is 17.8 Å². The van der Waals surface area contributed by atoms with Crippen LogP contribution in [0.1, 0.15) is 65.7 Å². The molecule has 0 aromatic heterocycles. The molecule has 1 N–H and O–H groups in total. The Morgan fingerprint density at radius 2 is 2.03 bits per heavy atom. The Bertz CT molecular complexity index is 885. The van der Waals surface area contributed by atoms with Crippen LogP contribution < -0.4 is 0 Å². The third-order valence-corrected chi connectivity index (χ3v) is 11.3. The van der Waals surface area contributed by atoms with E-state index in [1.165, 1.54) is 0 Å². The summed E-state index contributed by atoms with van der Waals surface area (Å²) in [5, 5.41) is 10.3. The van der Waals surface area contributed by atoms with Gasteiger partial charge in [-0.05, 0) is 38.0 Å². The average molecular weight is 614 g/mol. The summed E-state index contributed by atoms with van der Waals surface area (Å²) < 4.78 is 4.92. The number of unbranched alkanes of at least 4 members (excludes halogenated alkanes) is 3. The number of esters is 1. The molecule has 7 nitrogen and oxygen atoms in total. The van der Waals surface area contributed by atoms with E-state index >= 15 is 0 Å². The van der Waals surface area contributed by atoms with Gasteiger partial charge in [0.25, 0.3) is 0 Å². The summed E-state index contributed by atoms with van der Waals surface area (Å²) in [6, 6.07) is -1.23. The lowest BCUT2D eigenvalue weighted by Gasteiger charge is -2.40. The van der Waals surface area contributed by atoms with Gasteiger partial charge in [0.2, 0.25) is 11.8 Å². The van der Waals surface area contributed by atoms with E-state index in [0.717, 1.165) is 25.7 Å². The Morgan fingerprint density at radius 1 is 1.29 bits per heavy atom. The molecule has 7 atom stereocenters. The van der Waals surface area contributed by atoms with Crippen LogP contribution in [0.3, 0.4) is 0 Å². The molecule has 3 rings (SSSR count). The predicted molar refractivity (Wildman–Crippen MR) is 156 cm³/mol. The molecule has 3 aliphatic heterocycles. The zero-order valence-corrected chi connectivity index (χ0v) is 25.6. The first-order valence-corrected chi connectivity index (χ1v) is 15.9. The van der Waals surface area contributed by atoms with Gasteiger partial charge in [0.15, 0.2) is 0 Å². The molecule has 3 heterocycles. The second kappa shape index (κ2) is 13.8. The molecule has 38 heavy (non-hydrogen) atoms. The Hall–Kier alpha value is -1.32. The molecule has 0 saturated carbocycles. The number of rotatable bonds is 16. The SMILES string of the molecule is C=CCCCOC(=O)[C@H]1[C@H]2C(=O)N([C@@H](CO)CC(C)C)C(C(=O)N(CC=C)CCCCC)C23CC(Br)[C@@H]1S3. The Morgan fingerprint density at radius 3 is 2.63 bits per heavy atom. The van der Waals surface area contributed by atoms with E-state index < -0.39 is 28.7 Å². The summed E-state index contributed by atoms with van der Waals surface area (Å²) in [4.78, 5) is 45.6. The summed E-state index contributed by atoms with van der Waals surface area (Å²) in [5.41, 5.74) is 0. The lowest BCUT2D eigenvalue weighted by Crippen LogP contribution is -2.58. The number of ether oxygens (including phenoxy) is 1. The van der Waals surface area contributed by atoms with E-state index in [0.29, 0.717) is 32.4 Å². The zero-order chi connectivity index (χ0) is 28.0. The maximum absolute atomic E-state index is 14.4. The van der Waals surface area contributed by atoms with Crippen molar-refractivity contribution in [2.24, 2.45) is 17.8 Å². The van der Waals surface area contributed by atoms with Gasteiger partial charge in [-0.3, -0.25) is 14.4 Å². The first kappa shape index (κ1) is 31.2. The van der Waals surface area contributed by atoms with Crippen molar-refractivity contribution < 1.29 is 24.2 Å². The standard InChI is InChI=1S/C29H45BrN2O5S/c1-6-9-11-14-31(13-8-3)27(35)25-29-17-21(30)24(38-29)22(28(36)37-15-12-10-7-2)23(29)26(34)32(25)20(18-33)16-19(4)5/h7-8,19-25,33H,2-3,6,9-18H2,1,4-5H3/t20-,21?,22+,23+,24+,25?,29?/m1/s1. The molecule has 0 aromatic rings.